The highest BCUT2D eigenvalue weighted by molar-refractivity contribution is 7.26. The van der Waals surface area contributed by atoms with E-state index < -0.39 is 0 Å². The lowest BCUT2D eigenvalue weighted by Gasteiger charge is -2.13. The molecule has 0 aliphatic heterocycles. The molecule has 0 saturated heterocycles. The number of rotatable bonds is 5. The number of hydrogen-bond acceptors (Lipinski definition) is 3. The van der Waals surface area contributed by atoms with Gasteiger partial charge in [0.1, 0.15) is 0 Å². The van der Waals surface area contributed by atoms with Gasteiger partial charge in [-0.1, -0.05) is 133 Å². The molecule has 4 aromatic heterocycles. The summed E-state index contributed by atoms with van der Waals surface area (Å²) in [5, 5.41) is 19.8. The van der Waals surface area contributed by atoms with Gasteiger partial charge in [-0.3, -0.25) is 0 Å². The van der Waals surface area contributed by atoms with E-state index in [-0.39, 0.29) is 0 Å². The third kappa shape index (κ3) is 7.63. The fourth-order valence-electron chi connectivity index (χ4n) is 11.4. The van der Waals surface area contributed by atoms with Crippen LogP contribution in [0.25, 0.3) is 138 Å². The molecule has 11 aromatic carbocycles. The lowest BCUT2D eigenvalue weighted by molar-refractivity contribution is 1.13. The van der Waals surface area contributed by atoms with E-state index >= 15 is 0 Å². The number of hydrogen-bond donors (Lipinski definition) is 0. The average Bonchev–Trinajstić information content (AvgIpc) is 4.35. The van der Waals surface area contributed by atoms with E-state index in [2.05, 4.69) is 226 Å². The number of thiophene rings is 2. The van der Waals surface area contributed by atoms with Crippen LogP contribution in [-0.4, -0.2) is 9.13 Å². The van der Waals surface area contributed by atoms with Gasteiger partial charge in [0.05, 0.1) is 46.8 Å². The summed E-state index contributed by atoms with van der Waals surface area (Å²) in [6.07, 6.45) is 0. The van der Waals surface area contributed by atoms with E-state index in [1.54, 1.807) is 22.7 Å². The summed E-state index contributed by atoms with van der Waals surface area (Å²) in [5.41, 5.74) is 16.0. The topological polar surface area (TPSA) is 42.4 Å². The van der Waals surface area contributed by atoms with Gasteiger partial charge in [0.15, 0.2) is 11.4 Å². The highest BCUT2D eigenvalue weighted by atomic mass is 32.1. The van der Waals surface area contributed by atoms with Crippen molar-refractivity contribution in [1.82, 2.24) is 9.13 Å². The zero-order valence-electron chi connectivity index (χ0n) is 41.5. The van der Waals surface area contributed by atoms with Gasteiger partial charge in [-0.2, -0.15) is 5.26 Å². The molecule has 5 nitrogen and oxygen atoms in total. The Labute approximate surface area is 451 Å². The Bertz CT molecular complexity index is 4830. The maximum Gasteiger partial charge on any atom is 0.188 e. The number of fused-ring (bicyclic) bond motifs is 12. The second-order valence-electron chi connectivity index (χ2n) is 19.4. The van der Waals surface area contributed by atoms with Gasteiger partial charge in [-0.15, -0.1) is 22.7 Å². The molecule has 0 amide bonds. The molecule has 358 valence electrons. The van der Waals surface area contributed by atoms with Gasteiger partial charge in [0.2, 0.25) is 0 Å². The Kier molecular flexibility index (Phi) is 10.9. The van der Waals surface area contributed by atoms with E-state index in [0.29, 0.717) is 16.9 Å². The number of nitrogens with zero attached hydrogens (tertiary/aromatic N) is 5. The van der Waals surface area contributed by atoms with Crippen LogP contribution in [0.4, 0.5) is 11.4 Å². The van der Waals surface area contributed by atoms with Crippen LogP contribution < -0.4 is 0 Å². The molecule has 0 fully saturated rings. The molecule has 0 spiro atoms. The first-order valence-electron chi connectivity index (χ1n) is 25.3. The first-order valence-corrected chi connectivity index (χ1v) is 27.0. The SMILES string of the molecule is [C-]#[N+]c1cc(-c2cc(C#N)cc(-c3cccc4c3sc3ccccc34)c2)cc(-c2cccc3c2sc2ccccc23)c1.[C-]#[N+]c1ccc2c(c1)c1cc(C)ccc1n2-c1cccc(-n2c3ccccc3c3ccccc32)c1. The number of benzene rings is 11. The second-order valence-corrected chi connectivity index (χ2v) is 21.5. The van der Waals surface area contributed by atoms with E-state index in [9.17, 15) is 5.26 Å². The van der Waals surface area contributed by atoms with Crippen LogP contribution in [0.5, 0.6) is 0 Å². The fourth-order valence-corrected chi connectivity index (χ4v) is 13.9. The minimum absolute atomic E-state index is 0.580. The van der Waals surface area contributed by atoms with Gasteiger partial charge in [-0.25, -0.2) is 9.69 Å². The molecule has 0 N–H and O–H groups in total. The van der Waals surface area contributed by atoms with Crippen molar-refractivity contribution in [2.24, 2.45) is 0 Å². The van der Waals surface area contributed by atoms with Gasteiger partial charge < -0.3 is 9.13 Å². The number of aryl methyl sites for hydroxylation is 1. The smallest absolute Gasteiger partial charge is 0.188 e. The molecular formula is C70H41N5S2. The second kappa shape index (κ2) is 18.4. The summed E-state index contributed by atoms with van der Waals surface area (Å²) in [4.78, 5) is 7.52. The summed E-state index contributed by atoms with van der Waals surface area (Å²) in [5.74, 6) is 0. The van der Waals surface area contributed by atoms with Gasteiger partial charge in [-0.05, 0) is 149 Å². The van der Waals surface area contributed by atoms with Crippen LogP contribution >= 0.6 is 22.7 Å². The molecule has 0 bridgehead atoms. The van der Waals surface area contributed by atoms with Crippen molar-refractivity contribution in [3.8, 4) is 50.8 Å². The molecule has 15 aromatic rings. The number of para-hydroxylation sites is 2. The van der Waals surface area contributed by atoms with Crippen molar-refractivity contribution in [3.05, 3.63) is 264 Å². The highest BCUT2D eigenvalue weighted by Crippen LogP contribution is 2.45. The maximum absolute atomic E-state index is 10.0. The molecule has 0 atom stereocenters. The fraction of sp³-hybridized carbons (Fsp3) is 0.0143. The van der Waals surface area contributed by atoms with Gasteiger partial charge in [0, 0.05) is 67.9 Å². The summed E-state index contributed by atoms with van der Waals surface area (Å²) in [7, 11) is 0. The maximum atomic E-state index is 10.0. The molecule has 0 radical (unpaired) electrons. The summed E-state index contributed by atoms with van der Waals surface area (Å²) in [6, 6.07) is 82.8. The Morgan fingerprint density at radius 2 is 0.831 bits per heavy atom. The van der Waals surface area contributed by atoms with Crippen LogP contribution in [0.1, 0.15) is 11.1 Å². The van der Waals surface area contributed by atoms with E-state index in [1.165, 1.54) is 73.1 Å². The van der Waals surface area contributed by atoms with Crippen LogP contribution in [0, 0.1) is 31.4 Å². The Balaban J connectivity index is 0.000000143. The van der Waals surface area contributed by atoms with Crippen molar-refractivity contribution < 1.29 is 0 Å². The molecule has 7 heteroatoms. The monoisotopic (exact) mass is 1020 g/mol. The average molecular weight is 1020 g/mol. The first kappa shape index (κ1) is 45.5. The quantitative estimate of drug-likeness (QED) is 0.158. The van der Waals surface area contributed by atoms with Crippen LogP contribution in [-0.2, 0) is 0 Å². The van der Waals surface area contributed by atoms with Crippen LogP contribution in [0.3, 0.4) is 0 Å². The highest BCUT2D eigenvalue weighted by Gasteiger charge is 2.18. The summed E-state index contributed by atoms with van der Waals surface area (Å²) < 4.78 is 9.60. The van der Waals surface area contributed by atoms with Gasteiger partial charge in [0.25, 0.3) is 0 Å². The lowest BCUT2D eigenvalue weighted by Crippen LogP contribution is -1.98. The van der Waals surface area contributed by atoms with E-state index in [4.69, 9.17) is 13.1 Å². The first-order chi connectivity index (χ1) is 37.9. The largest absolute Gasteiger partial charge is 0.309 e. The van der Waals surface area contributed by atoms with Crippen LogP contribution in [0.15, 0.2) is 231 Å². The third-order valence-corrected chi connectivity index (χ3v) is 17.3. The Morgan fingerprint density at radius 1 is 0.377 bits per heavy atom. The minimum Gasteiger partial charge on any atom is -0.309 e. The number of nitriles is 1. The standard InChI is InChI=1S/C38H20N2S2.C32H21N3/c1-40-28-20-25(19-27(21-28)30-11-7-13-34-32-9-3-5-15-36(32)42-38(30)34)24-16-23(22-39)17-26(18-24)29-10-6-12-33-31-8-2-4-14-35(31)41-37(29)33;1-21-14-16-31-27(18-21)28-19-22(33-2)15-17-32(28)35(31)24-9-7-8-23(20-24)34-29-12-5-3-10-25(29)26-11-4-6-13-30(26)34/h2-21H;3-20H,1H3. The molecule has 0 aliphatic carbocycles. The molecule has 77 heavy (non-hydrogen) atoms. The molecule has 0 aliphatic rings. The van der Waals surface area contributed by atoms with Crippen LogP contribution in [0.2, 0.25) is 0 Å². The van der Waals surface area contributed by atoms with E-state index in [0.717, 1.165) is 61.2 Å². The zero-order chi connectivity index (χ0) is 51.7. The lowest BCUT2D eigenvalue weighted by atomic mass is 9.93. The Hall–Kier alpha value is -10.1. The van der Waals surface area contributed by atoms with Crippen molar-refractivity contribution >= 4 is 118 Å². The minimum atomic E-state index is 0.580. The predicted octanol–water partition coefficient (Wildman–Crippen LogP) is 20.6. The van der Waals surface area contributed by atoms with Crippen molar-refractivity contribution in [2.45, 2.75) is 6.92 Å². The van der Waals surface area contributed by atoms with Crippen molar-refractivity contribution in [2.75, 3.05) is 0 Å². The zero-order valence-corrected chi connectivity index (χ0v) is 43.1. The summed E-state index contributed by atoms with van der Waals surface area (Å²) >= 11 is 3.57. The molecule has 15 rings (SSSR count). The normalized spacial score (nSPS) is 11.4. The Morgan fingerprint density at radius 3 is 1.42 bits per heavy atom. The molecule has 4 heterocycles. The number of aromatic nitrogens is 2. The molecular weight excluding hydrogens is 975 g/mol. The van der Waals surface area contributed by atoms with E-state index in [1.807, 2.05) is 36.4 Å². The molecule has 0 unspecified atom stereocenters. The third-order valence-electron chi connectivity index (χ3n) is 14.8. The van der Waals surface area contributed by atoms with Gasteiger partial charge >= 0.3 is 0 Å². The molecule has 0 saturated carbocycles. The summed E-state index contributed by atoms with van der Waals surface area (Å²) in [6.45, 7) is 17.5. The predicted molar refractivity (Wildman–Crippen MR) is 326 cm³/mol. The van der Waals surface area contributed by atoms with Crippen molar-refractivity contribution in [3.63, 3.8) is 0 Å². The van der Waals surface area contributed by atoms with Crippen molar-refractivity contribution in [1.29, 1.82) is 5.26 Å².